The van der Waals surface area contributed by atoms with Crippen LogP contribution in [0.15, 0.2) is 36.7 Å². The summed E-state index contributed by atoms with van der Waals surface area (Å²) in [4.78, 5) is 14.8. The highest BCUT2D eigenvalue weighted by molar-refractivity contribution is 7.99. The molecule has 122 valence electrons. The SMILES string of the molecule is Cc1ccc(C(=O)CCN2CCSC[C@@H]2c2cnn(C)c2)cc1. The van der Waals surface area contributed by atoms with Crippen LogP contribution in [0.3, 0.4) is 0 Å². The molecule has 0 unspecified atom stereocenters. The molecule has 23 heavy (non-hydrogen) atoms. The highest BCUT2D eigenvalue weighted by Gasteiger charge is 2.25. The van der Waals surface area contributed by atoms with Gasteiger partial charge < -0.3 is 0 Å². The Labute approximate surface area is 141 Å². The van der Waals surface area contributed by atoms with Crippen molar-refractivity contribution < 1.29 is 4.79 Å². The van der Waals surface area contributed by atoms with Crippen LogP contribution in [0.5, 0.6) is 0 Å². The molecule has 1 aromatic heterocycles. The van der Waals surface area contributed by atoms with Gasteiger partial charge in [-0.25, -0.2) is 0 Å². The monoisotopic (exact) mass is 329 g/mol. The minimum absolute atomic E-state index is 0.230. The summed E-state index contributed by atoms with van der Waals surface area (Å²) < 4.78 is 1.85. The van der Waals surface area contributed by atoms with E-state index in [2.05, 4.69) is 16.2 Å². The van der Waals surface area contributed by atoms with E-state index in [-0.39, 0.29) is 5.78 Å². The molecule has 1 atom stereocenters. The topological polar surface area (TPSA) is 38.1 Å². The summed E-state index contributed by atoms with van der Waals surface area (Å²) in [6, 6.07) is 8.24. The van der Waals surface area contributed by atoms with Crippen molar-refractivity contribution in [2.75, 3.05) is 24.6 Å². The van der Waals surface area contributed by atoms with Crippen molar-refractivity contribution >= 4 is 17.5 Å². The lowest BCUT2D eigenvalue weighted by Gasteiger charge is -2.34. The maximum Gasteiger partial charge on any atom is 0.164 e. The highest BCUT2D eigenvalue weighted by atomic mass is 32.2. The molecule has 0 saturated carbocycles. The van der Waals surface area contributed by atoms with E-state index in [4.69, 9.17) is 0 Å². The Bertz CT molecular complexity index is 665. The van der Waals surface area contributed by atoms with Crippen LogP contribution in [0.4, 0.5) is 0 Å². The van der Waals surface area contributed by atoms with Crippen molar-refractivity contribution in [1.29, 1.82) is 0 Å². The molecule has 1 aliphatic rings. The van der Waals surface area contributed by atoms with Crippen LogP contribution in [0.2, 0.25) is 0 Å². The van der Waals surface area contributed by atoms with Crippen molar-refractivity contribution in [3.63, 3.8) is 0 Å². The first kappa shape index (κ1) is 16.3. The number of aromatic nitrogens is 2. The van der Waals surface area contributed by atoms with Gasteiger partial charge in [-0.15, -0.1) is 0 Å². The molecule has 0 aliphatic carbocycles. The third kappa shape index (κ3) is 4.03. The Morgan fingerprint density at radius 3 is 2.83 bits per heavy atom. The van der Waals surface area contributed by atoms with Crippen LogP contribution in [-0.2, 0) is 7.05 Å². The van der Waals surface area contributed by atoms with E-state index in [1.165, 1.54) is 11.1 Å². The molecule has 0 N–H and O–H groups in total. The van der Waals surface area contributed by atoms with E-state index in [0.29, 0.717) is 12.5 Å². The zero-order valence-corrected chi connectivity index (χ0v) is 14.6. The summed E-state index contributed by atoms with van der Waals surface area (Å²) in [6.07, 6.45) is 4.61. The zero-order chi connectivity index (χ0) is 16.2. The fourth-order valence-electron chi connectivity index (χ4n) is 2.95. The van der Waals surface area contributed by atoms with Crippen LogP contribution < -0.4 is 0 Å². The van der Waals surface area contributed by atoms with Gasteiger partial charge in [0.25, 0.3) is 0 Å². The number of hydrogen-bond acceptors (Lipinski definition) is 4. The van der Waals surface area contributed by atoms with Gasteiger partial charge >= 0.3 is 0 Å². The van der Waals surface area contributed by atoms with Crippen LogP contribution in [0.1, 0.15) is 33.9 Å². The molecule has 2 heterocycles. The van der Waals surface area contributed by atoms with Gasteiger partial charge in [0.2, 0.25) is 0 Å². The highest BCUT2D eigenvalue weighted by Crippen LogP contribution is 2.29. The zero-order valence-electron chi connectivity index (χ0n) is 13.7. The number of ketones is 1. The summed E-state index contributed by atoms with van der Waals surface area (Å²) >= 11 is 1.98. The summed E-state index contributed by atoms with van der Waals surface area (Å²) in [5.41, 5.74) is 3.26. The van der Waals surface area contributed by atoms with Gasteiger partial charge in [0.05, 0.1) is 6.20 Å². The minimum atomic E-state index is 0.230. The van der Waals surface area contributed by atoms with Crippen molar-refractivity contribution in [2.45, 2.75) is 19.4 Å². The van der Waals surface area contributed by atoms with Gasteiger partial charge in [-0.3, -0.25) is 14.4 Å². The van der Waals surface area contributed by atoms with Crippen LogP contribution in [0, 0.1) is 6.92 Å². The number of benzene rings is 1. The summed E-state index contributed by atoms with van der Waals surface area (Å²) in [5.74, 6) is 2.44. The summed E-state index contributed by atoms with van der Waals surface area (Å²) in [5, 5.41) is 4.29. The van der Waals surface area contributed by atoms with Gasteiger partial charge in [-0.2, -0.15) is 16.9 Å². The lowest BCUT2D eigenvalue weighted by Crippen LogP contribution is -2.37. The summed E-state index contributed by atoms with van der Waals surface area (Å²) in [6.45, 7) is 3.89. The molecular weight excluding hydrogens is 306 g/mol. The van der Waals surface area contributed by atoms with Gasteiger partial charge in [-0.1, -0.05) is 29.8 Å². The van der Waals surface area contributed by atoms with E-state index in [9.17, 15) is 4.79 Å². The first-order valence-electron chi connectivity index (χ1n) is 8.03. The molecule has 1 fully saturated rings. The quantitative estimate of drug-likeness (QED) is 0.790. The molecular formula is C18H23N3OS. The predicted molar refractivity (Wildman–Crippen MR) is 95.0 cm³/mol. The van der Waals surface area contributed by atoms with Crippen LogP contribution >= 0.6 is 11.8 Å². The number of carbonyl (C=O) groups is 1. The van der Waals surface area contributed by atoms with E-state index in [0.717, 1.165) is 30.2 Å². The standard InChI is InChI=1S/C18H23N3OS/c1-14-3-5-15(6-4-14)18(22)7-8-21-9-10-23-13-17(21)16-11-19-20(2)12-16/h3-6,11-12,17H,7-10,13H2,1-2H3/t17-/m1/s1. The lowest BCUT2D eigenvalue weighted by atomic mass is 10.1. The number of rotatable bonds is 5. The molecule has 0 radical (unpaired) electrons. The fourth-order valence-corrected chi connectivity index (χ4v) is 4.11. The van der Waals surface area contributed by atoms with Gasteiger partial charge in [0, 0.05) is 61.4 Å². The average Bonchev–Trinajstić information content (AvgIpc) is 3.00. The fraction of sp³-hybridized carbons (Fsp3) is 0.444. The Kier molecular flexibility index (Phi) is 5.18. The first-order chi connectivity index (χ1) is 11.1. The van der Waals surface area contributed by atoms with E-state index >= 15 is 0 Å². The maximum atomic E-state index is 12.4. The second kappa shape index (κ2) is 7.32. The largest absolute Gasteiger partial charge is 0.294 e. The third-order valence-corrected chi connectivity index (χ3v) is 5.37. The molecule has 3 rings (SSSR count). The maximum absolute atomic E-state index is 12.4. The number of carbonyl (C=O) groups excluding carboxylic acids is 1. The van der Waals surface area contributed by atoms with Crippen molar-refractivity contribution in [3.8, 4) is 0 Å². The number of thioether (sulfide) groups is 1. The molecule has 0 spiro atoms. The Morgan fingerprint density at radius 2 is 2.13 bits per heavy atom. The van der Waals surface area contributed by atoms with Crippen LogP contribution in [0.25, 0.3) is 0 Å². The minimum Gasteiger partial charge on any atom is -0.294 e. The molecule has 5 heteroatoms. The molecule has 0 bridgehead atoms. The molecule has 1 saturated heterocycles. The smallest absolute Gasteiger partial charge is 0.164 e. The van der Waals surface area contributed by atoms with Crippen molar-refractivity contribution in [3.05, 3.63) is 53.3 Å². The predicted octanol–water partition coefficient (Wildman–Crippen LogP) is 3.09. The van der Waals surface area contributed by atoms with Gasteiger partial charge in [0.1, 0.15) is 0 Å². The van der Waals surface area contributed by atoms with E-state index in [1.54, 1.807) is 0 Å². The van der Waals surface area contributed by atoms with Gasteiger partial charge in [0.15, 0.2) is 5.78 Å². The molecule has 0 amide bonds. The second-order valence-corrected chi connectivity index (χ2v) is 7.26. The van der Waals surface area contributed by atoms with Crippen molar-refractivity contribution in [1.82, 2.24) is 14.7 Å². The normalized spacial score (nSPS) is 19.0. The van der Waals surface area contributed by atoms with E-state index in [1.807, 2.05) is 60.9 Å². The number of aryl methyl sites for hydroxylation is 2. The Balaban J connectivity index is 1.63. The average molecular weight is 329 g/mol. The molecule has 2 aromatic rings. The number of Topliss-reactive ketones (excluding diaryl/α,β-unsaturated/α-hetero) is 1. The van der Waals surface area contributed by atoms with Crippen LogP contribution in [-0.4, -0.2) is 45.1 Å². The number of nitrogens with zero attached hydrogens (tertiary/aromatic N) is 3. The molecule has 1 aromatic carbocycles. The first-order valence-corrected chi connectivity index (χ1v) is 9.19. The summed E-state index contributed by atoms with van der Waals surface area (Å²) in [7, 11) is 1.95. The molecule has 1 aliphatic heterocycles. The number of hydrogen-bond donors (Lipinski definition) is 0. The van der Waals surface area contributed by atoms with Crippen molar-refractivity contribution in [2.24, 2.45) is 7.05 Å². The Morgan fingerprint density at radius 1 is 1.35 bits per heavy atom. The van der Waals surface area contributed by atoms with Gasteiger partial charge in [-0.05, 0) is 6.92 Å². The second-order valence-electron chi connectivity index (χ2n) is 6.11. The van der Waals surface area contributed by atoms with E-state index < -0.39 is 0 Å². The lowest BCUT2D eigenvalue weighted by molar-refractivity contribution is 0.0954. The molecule has 4 nitrogen and oxygen atoms in total. The third-order valence-electron chi connectivity index (χ3n) is 4.35. The Hall–Kier alpha value is -1.59.